The third-order valence-electron chi connectivity index (χ3n) is 2.52. The van der Waals surface area contributed by atoms with E-state index in [2.05, 4.69) is 37.2 Å². The first-order valence-electron chi connectivity index (χ1n) is 6.87. The molecule has 0 saturated carbocycles. The van der Waals surface area contributed by atoms with Crippen LogP contribution in [0.15, 0.2) is 24.8 Å². The lowest BCUT2D eigenvalue weighted by atomic mass is 10.1. The van der Waals surface area contributed by atoms with Gasteiger partial charge in [0.05, 0.1) is 0 Å². The molecular weight excluding hydrogens is 236 g/mol. The first-order chi connectivity index (χ1) is 9.20. The van der Waals surface area contributed by atoms with E-state index in [9.17, 15) is 5.11 Å². The van der Waals surface area contributed by atoms with Crippen LogP contribution in [0.3, 0.4) is 0 Å². The Morgan fingerprint density at radius 1 is 1.00 bits per heavy atom. The molecule has 0 spiro atoms. The summed E-state index contributed by atoms with van der Waals surface area (Å²) in [6, 6.07) is 0. The summed E-state index contributed by atoms with van der Waals surface area (Å²) in [5, 5.41) is 18.6. The fraction of sp³-hybridized carbons (Fsp3) is 0.529. The first kappa shape index (κ1) is 17.5. The molecule has 2 nitrogen and oxygen atoms in total. The molecule has 0 amide bonds. The quantitative estimate of drug-likeness (QED) is 0.400. The zero-order valence-electron chi connectivity index (χ0n) is 11.7. The van der Waals surface area contributed by atoms with Crippen molar-refractivity contribution in [2.24, 2.45) is 0 Å². The van der Waals surface area contributed by atoms with Crippen molar-refractivity contribution in [3.8, 4) is 23.7 Å². The molecule has 0 fully saturated rings. The molecule has 1 unspecified atom stereocenters. The molecule has 0 aromatic carbocycles. The van der Waals surface area contributed by atoms with Gasteiger partial charge in [0.15, 0.2) is 0 Å². The second-order valence-corrected chi connectivity index (χ2v) is 4.30. The van der Waals surface area contributed by atoms with Gasteiger partial charge in [0.2, 0.25) is 0 Å². The number of unbranched alkanes of at least 4 members (excludes halogenated alkanes) is 5. The molecule has 0 rings (SSSR count). The van der Waals surface area contributed by atoms with Crippen LogP contribution in [0, 0.1) is 23.7 Å². The molecule has 0 aliphatic rings. The zero-order chi connectivity index (χ0) is 14.3. The fourth-order valence-electron chi connectivity index (χ4n) is 1.42. The molecule has 2 N–H and O–H groups in total. The molecule has 2 atom stereocenters. The van der Waals surface area contributed by atoms with Gasteiger partial charge in [-0.25, -0.2) is 0 Å². The second kappa shape index (κ2) is 13.0. The Hall–Kier alpha value is -1.48. The van der Waals surface area contributed by atoms with E-state index in [1.54, 1.807) is 6.08 Å². The smallest absolute Gasteiger partial charge is 0.134 e. The fourth-order valence-corrected chi connectivity index (χ4v) is 1.42. The van der Waals surface area contributed by atoms with Gasteiger partial charge >= 0.3 is 0 Å². The third kappa shape index (κ3) is 12.8. The van der Waals surface area contributed by atoms with E-state index in [4.69, 9.17) is 5.11 Å². The van der Waals surface area contributed by atoms with Crippen LogP contribution in [0.1, 0.15) is 45.4 Å². The molecule has 104 valence electrons. The van der Waals surface area contributed by atoms with Crippen LogP contribution < -0.4 is 0 Å². The first-order valence-corrected chi connectivity index (χ1v) is 6.87. The molecular formula is C17H24O2. The Morgan fingerprint density at radius 3 is 2.26 bits per heavy atom. The Kier molecular flexibility index (Phi) is 12.0. The van der Waals surface area contributed by atoms with Gasteiger partial charge in [0.1, 0.15) is 12.2 Å². The average molecular weight is 260 g/mol. The normalized spacial score (nSPS) is 13.0. The highest BCUT2D eigenvalue weighted by Gasteiger charge is 1.91. The van der Waals surface area contributed by atoms with Crippen molar-refractivity contribution >= 4 is 0 Å². The topological polar surface area (TPSA) is 40.5 Å². The summed E-state index contributed by atoms with van der Waals surface area (Å²) >= 11 is 0. The number of hydrogen-bond donors (Lipinski definition) is 2. The highest BCUT2D eigenvalue weighted by molar-refractivity contribution is 5.31. The Balaban J connectivity index is 3.78. The van der Waals surface area contributed by atoms with Crippen molar-refractivity contribution in [1.82, 2.24) is 0 Å². The van der Waals surface area contributed by atoms with Crippen LogP contribution in [-0.2, 0) is 0 Å². The third-order valence-corrected chi connectivity index (χ3v) is 2.52. The van der Waals surface area contributed by atoms with E-state index < -0.39 is 12.2 Å². The van der Waals surface area contributed by atoms with Gasteiger partial charge in [0.25, 0.3) is 0 Å². The van der Waals surface area contributed by atoms with Gasteiger partial charge in [0, 0.05) is 0 Å². The zero-order valence-corrected chi connectivity index (χ0v) is 11.7. The molecule has 0 radical (unpaired) electrons. The molecule has 0 aromatic rings. The van der Waals surface area contributed by atoms with Crippen LogP contribution in [-0.4, -0.2) is 22.4 Å². The molecule has 0 heterocycles. The van der Waals surface area contributed by atoms with Crippen molar-refractivity contribution < 1.29 is 10.2 Å². The van der Waals surface area contributed by atoms with Crippen molar-refractivity contribution in [2.45, 2.75) is 57.7 Å². The van der Waals surface area contributed by atoms with Crippen molar-refractivity contribution in [3.63, 3.8) is 0 Å². The number of aliphatic hydroxyl groups is 2. The summed E-state index contributed by atoms with van der Waals surface area (Å²) in [7, 11) is 0. The van der Waals surface area contributed by atoms with E-state index in [1.807, 2.05) is 6.08 Å². The lowest BCUT2D eigenvalue weighted by Gasteiger charge is -1.97. The van der Waals surface area contributed by atoms with Crippen LogP contribution in [0.5, 0.6) is 0 Å². The van der Waals surface area contributed by atoms with Gasteiger partial charge in [-0.2, -0.15) is 0 Å². The number of aliphatic hydroxyl groups excluding tert-OH is 2. The Morgan fingerprint density at radius 2 is 1.63 bits per heavy atom. The van der Waals surface area contributed by atoms with E-state index in [0.29, 0.717) is 0 Å². The minimum absolute atomic E-state index is 0.786. The SMILES string of the molecule is C=C[C@@H](O)C#CC#CC(O)/C=C\CCCCCCC. The average Bonchev–Trinajstić information content (AvgIpc) is 2.42. The van der Waals surface area contributed by atoms with Gasteiger partial charge in [-0.15, -0.1) is 0 Å². The molecule has 2 heteroatoms. The number of allylic oxidation sites excluding steroid dienone is 1. The summed E-state index contributed by atoms with van der Waals surface area (Å²) in [4.78, 5) is 0. The van der Waals surface area contributed by atoms with Crippen molar-refractivity contribution in [1.29, 1.82) is 0 Å². The van der Waals surface area contributed by atoms with Gasteiger partial charge in [-0.05, 0) is 30.8 Å². The standard InChI is InChI=1S/C17H24O2/c1-3-5-6-7-8-9-10-14-17(19)15-12-11-13-16(18)4-2/h4,10,14,16-19H,2-3,5-9H2,1H3/b14-10-/t16-,17?/m1/s1. The van der Waals surface area contributed by atoms with E-state index in [1.165, 1.54) is 31.8 Å². The van der Waals surface area contributed by atoms with Crippen LogP contribution in [0.25, 0.3) is 0 Å². The van der Waals surface area contributed by atoms with Gasteiger partial charge in [-0.3, -0.25) is 0 Å². The van der Waals surface area contributed by atoms with Crippen LogP contribution in [0.4, 0.5) is 0 Å². The predicted molar refractivity (Wildman–Crippen MR) is 80.3 cm³/mol. The minimum atomic E-state index is -0.856. The van der Waals surface area contributed by atoms with Crippen molar-refractivity contribution in [2.75, 3.05) is 0 Å². The van der Waals surface area contributed by atoms with Crippen LogP contribution in [0.2, 0.25) is 0 Å². The summed E-state index contributed by atoms with van der Waals surface area (Å²) in [6.07, 6.45) is 10.5. The van der Waals surface area contributed by atoms with E-state index >= 15 is 0 Å². The molecule has 19 heavy (non-hydrogen) atoms. The summed E-state index contributed by atoms with van der Waals surface area (Å²) in [5.41, 5.74) is 0. The summed E-state index contributed by atoms with van der Waals surface area (Å²) in [5.74, 6) is 10.00. The Bertz CT molecular complexity index is 374. The van der Waals surface area contributed by atoms with Crippen LogP contribution >= 0.6 is 0 Å². The summed E-state index contributed by atoms with van der Waals surface area (Å²) in [6.45, 7) is 5.59. The molecule has 0 aromatic heterocycles. The molecule has 0 saturated heterocycles. The summed E-state index contributed by atoms with van der Waals surface area (Å²) < 4.78 is 0. The second-order valence-electron chi connectivity index (χ2n) is 4.30. The van der Waals surface area contributed by atoms with Gasteiger partial charge < -0.3 is 10.2 Å². The van der Waals surface area contributed by atoms with Gasteiger partial charge in [-0.1, -0.05) is 63.2 Å². The molecule has 0 aliphatic heterocycles. The lowest BCUT2D eigenvalue weighted by Crippen LogP contribution is -1.97. The Labute approximate surface area is 117 Å². The highest BCUT2D eigenvalue weighted by Crippen LogP contribution is 2.05. The lowest BCUT2D eigenvalue weighted by molar-refractivity contribution is 0.280. The maximum Gasteiger partial charge on any atom is 0.134 e. The molecule has 0 aliphatic carbocycles. The minimum Gasteiger partial charge on any atom is -0.377 e. The highest BCUT2D eigenvalue weighted by atomic mass is 16.3. The number of hydrogen-bond acceptors (Lipinski definition) is 2. The predicted octanol–water partition coefficient (Wildman–Crippen LogP) is 2.82. The number of rotatable bonds is 8. The maximum absolute atomic E-state index is 9.50. The monoisotopic (exact) mass is 260 g/mol. The van der Waals surface area contributed by atoms with E-state index in [-0.39, 0.29) is 0 Å². The van der Waals surface area contributed by atoms with E-state index in [0.717, 1.165) is 12.8 Å². The largest absolute Gasteiger partial charge is 0.377 e. The molecule has 0 bridgehead atoms. The van der Waals surface area contributed by atoms with Crippen molar-refractivity contribution in [3.05, 3.63) is 24.8 Å². The maximum atomic E-state index is 9.50.